The van der Waals surface area contributed by atoms with Crippen LogP contribution in [0.2, 0.25) is 0 Å². The van der Waals surface area contributed by atoms with E-state index in [-0.39, 0.29) is 17.9 Å². The highest BCUT2D eigenvalue weighted by Gasteiger charge is 2.40. The summed E-state index contributed by atoms with van der Waals surface area (Å²) in [4.78, 5) is 11.1. The third-order valence-electron chi connectivity index (χ3n) is 2.43. The first kappa shape index (κ1) is 8.53. The largest absolute Gasteiger partial charge is 0.466 e. The van der Waals surface area contributed by atoms with Crippen LogP contribution in [0, 0.1) is 11.8 Å². The zero-order valence-electron chi connectivity index (χ0n) is 7.04. The lowest BCUT2D eigenvalue weighted by atomic mass is 9.71. The summed E-state index contributed by atoms with van der Waals surface area (Å²) in [6.07, 6.45) is 0.792. The van der Waals surface area contributed by atoms with Crippen LogP contribution in [0.25, 0.3) is 0 Å². The summed E-state index contributed by atoms with van der Waals surface area (Å²) >= 11 is 0. The molecule has 0 aromatic carbocycles. The quantitative estimate of drug-likeness (QED) is 0.595. The third kappa shape index (κ3) is 1.53. The van der Waals surface area contributed by atoms with Crippen LogP contribution in [0.5, 0.6) is 0 Å². The van der Waals surface area contributed by atoms with Crippen LogP contribution in [-0.4, -0.2) is 18.6 Å². The summed E-state index contributed by atoms with van der Waals surface area (Å²) < 4.78 is 4.87. The topological polar surface area (TPSA) is 52.3 Å². The minimum absolute atomic E-state index is 0.0601. The number of carbonyl (C=O) groups is 1. The molecule has 1 saturated carbocycles. The Morgan fingerprint density at radius 3 is 2.73 bits per heavy atom. The maximum absolute atomic E-state index is 11.1. The van der Waals surface area contributed by atoms with Crippen LogP contribution in [-0.2, 0) is 9.53 Å². The van der Waals surface area contributed by atoms with Gasteiger partial charge in [0.05, 0.1) is 12.5 Å². The predicted molar refractivity (Wildman–Crippen MR) is 41.9 cm³/mol. The Bertz CT molecular complexity index is 158. The third-order valence-corrected chi connectivity index (χ3v) is 2.43. The summed E-state index contributed by atoms with van der Waals surface area (Å²) in [5.74, 6) is 0.278. The molecule has 3 heteroatoms. The summed E-state index contributed by atoms with van der Waals surface area (Å²) in [7, 11) is 0. The van der Waals surface area contributed by atoms with Gasteiger partial charge in [-0.2, -0.15) is 0 Å². The van der Waals surface area contributed by atoms with Crippen molar-refractivity contribution in [2.24, 2.45) is 17.6 Å². The van der Waals surface area contributed by atoms with Gasteiger partial charge in [-0.15, -0.1) is 0 Å². The highest BCUT2D eigenvalue weighted by Crippen LogP contribution is 2.33. The van der Waals surface area contributed by atoms with E-state index in [9.17, 15) is 4.79 Å². The van der Waals surface area contributed by atoms with Crippen LogP contribution in [0.3, 0.4) is 0 Å². The van der Waals surface area contributed by atoms with E-state index in [0.29, 0.717) is 12.5 Å². The first-order chi connectivity index (χ1) is 5.16. The van der Waals surface area contributed by atoms with Crippen molar-refractivity contribution in [3.63, 3.8) is 0 Å². The maximum Gasteiger partial charge on any atom is 0.309 e. The lowest BCUT2D eigenvalue weighted by Gasteiger charge is -2.38. The van der Waals surface area contributed by atoms with Crippen LogP contribution < -0.4 is 5.73 Å². The smallest absolute Gasteiger partial charge is 0.309 e. The van der Waals surface area contributed by atoms with E-state index in [1.54, 1.807) is 0 Å². The lowest BCUT2D eigenvalue weighted by molar-refractivity contribution is -0.154. The number of hydrogen-bond acceptors (Lipinski definition) is 3. The van der Waals surface area contributed by atoms with E-state index in [4.69, 9.17) is 10.5 Å². The molecule has 3 atom stereocenters. The number of hydrogen-bond donors (Lipinski definition) is 1. The second-order valence-electron chi connectivity index (χ2n) is 3.12. The van der Waals surface area contributed by atoms with Crippen molar-refractivity contribution in [3.8, 4) is 0 Å². The van der Waals surface area contributed by atoms with Crippen molar-refractivity contribution in [1.82, 2.24) is 0 Å². The predicted octanol–water partition coefficient (Wildman–Crippen LogP) is 0.533. The minimum atomic E-state index is -0.0818. The number of rotatable bonds is 2. The average Bonchev–Trinajstić information content (AvgIpc) is 1.99. The molecule has 1 aliphatic rings. The summed E-state index contributed by atoms with van der Waals surface area (Å²) in [5.41, 5.74) is 5.64. The molecule has 1 aliphatic carbocycles. The fourth-order valence-corrected chi connectivity index (χ4v) is 1.39. The van der Waals surface area contributed by atoms with Gasteiger partial charge in [-0.25, -0.2) is 0 Å². The Morgan fingerprint density at radius 2 is 2.36 bits per heavy atom. The molecule has 0 heterocycles. The Kier molecular flexibility index (Phi) is 2.49. The SMILES string of the molecule is CCOC(=O)[C@H]1C[C@H](N)C1C. The molecule has 0 saturated heterocycles. The molecule has 1 fully saturated rings. The van der Waals surface area contributed by atoms with Gasteiger partial charge in [0.2, 0.25) is 0 Å². The van der Waals surface area contributed by atoms with Crippen molar-refractivity contribution in [2.75, 3.05) is 6.61 Å². The Labute approximate surface area is 66.9 Å². The van der Waals surface area contributed by atoms with E-state index >= 15 is 0 Å². The Morgan fingerprint density at radius 1 is 1.73 bits per heavy atom. The van der Waals surface area contributed by atoms with Crippen LogP contribution in [0.1, 0.15) is 20.3 Å². The first-order valence-electron chi connectivity index (χ1n) is 4.09. The zero-order chi connectivity index (χ0) is 8.43. The molecule has 1 rings (SSSR count). The number of nitrogens with two attached hydrogens (primary N) is 1. The van der Waals surface area contributed by atoms with E-state index < -0.39 is 0 Å². The van der Waals surface area contributed by atoms with Crippen LogP contribution in [0.4, 0.5) is 0 Å². The molecule has 0 amide bonds. The molecular formula is C8H15NO2. The lowest BCUT2D eigenvalue weighted by Crippen LogP contribution is -2.49. The molecule has 64 valence electrons. The Hall–Kier alpha value is -0.570. The summed E-state index contributed by atoms with van der Waals surface area (Å²) in [6.45, 7) is 4.29. The normalized spacial score (nSPS) is 36.1. The molecule has 11 heavy (non-hydrogen) atoms. The highest BCUT2D eigenvalue weighted by atomic mass is 16.5. The zero-order valence-corrected chi connectivity index (χ0v) is 7.04. The van der Waals surface area contributed by atoms with Crippen molar-refractivity contribution >= 4 is 5.97 Å². The van der Waals surface area contributed by atoms with Crippen molar-refractivity contribution < 1.29 is 9.53 Å². The number of ether oxygens (including phenoxy) is 1. The average molecular weight is 157 g/mol. The maximum atomic E-state index is 11.1. The van der Waals surface area contributed by atoms with Crippen LogP contribution >= 0.6 is 0 Å². The second-order valence-corrected chi connectivity index (χ2v) is 3.12. The van der Waals surface area contributed by atoms with E-state index in [1.807, 2.05) is 13.8 Å². The number of esters is 1. The molecule has 3 nitrogen and oxygen atoms in total. The van der Waals surface area contributed by atoms with Crippen molar-refractivity contribution in [3.05, 3.63) is 0 Å². The van der Waals surface area contributed by atoms with Gasteiger partial charge in [0.15, 0.2) is 0 Å². The van der Waals surface area contributed by atoms with Gasteiger partial charge in [-0.3, -0.25) is 4.79 Å². The molecule has 0 aliphatic heterocycles. The van der Waals surface area contributed by atoms with Crippen molar-refractivity contribution in [2.45, 2.75) is 26.3 Å². The molecular weight excluding hydrogens is 142 g/mol. The van der Waals surface area contributed by atoms with E-state index in [2.05, 4.69) is 0 Å². The van der Waals surface area contributed by atoms with Gasteiger partial charge in [0.25, 0.3) is 0 Å². The summed E-state index contributed by atoms with van der Waals surface area (Å²) in [5, 5.41) is 0. The molecule has 0 spiro atoms. The number of carbonyl (C=O) groups excluding carboxylic acids is 1. The van der Waals surface area contributed by atoms with Crippen LogP contribution in [0.15, 0.2) is 0 Å². The van der Waals surface area contributed by atoms with Crippen molar-refractivity contribution in [1.29, 1.82) is 0 Å². The highest BCUT2D eigenvalue weighted by molar-refractivity contribution is 5.74. The first-order valence-corrected chi connectivity index (χ1v) is 4.09. The van der Waals surface area contributed by atoms with E-state index in [0.717, 1.165) is 6.42 Å². The molecule has 1 unspecified atom stereocenters. The molecule has 0 bridgehead atoms. The fraction of sp³-hybridized carbons (Fsp3) is 0.875. The Balaban J connectivity index is 2.33. The second kappa shape index (κ2) is 3.22. The fourth-order valence-electron chi connectivity index (χ4n) is 1.39. The van der Waals surface area contributed by atoms with Gasteiger partial charge in [-0.1, -0.05) is 6.92 Å². The molecule has 2 N–H and O–H groups in total. The summed E-state index contributed by atoms with van der Waals surface area (Å²) in [6, 6.07) is 0.199. The molecule has 0 radical (unpaired) electrons. The molecule has 0 aromatic rings. The minimum Gasteiger partial charge on any atom is -0.466 e. The van der Waals surface area contributed by atoms with E-state index in [1.165, 1.54) is 0 Å². The van der Waals surface area contributed by atoms with Gasteiger partial charge < -0.3 is 10.5 Å². The standard InChI is InChI=1S/C8H15NO2/c1-3-11-8(10)6-4-7(9)5(6)2/h5-7H,3-4,9H2,1-2H3/t5?,6-,7-/m0/s1. The van der Waals surface area contributed by atoms with Gasteiger partial charge in [-0.05, 0) is 19.3 Å². The monoisotopic (exact) mass is 157 g/mol. The van der Waals surface area contributed by atoms with Gasteiger partial charge in [0.1, 0.15) is 0 Å². The molecule has 0 aromatic heterocycles. The van der Waals surface area contributed by atoms with Gasteiger partial charge in [0, 0.05) is 6.04 Å². The van der Waals surface area contributed by atoms with Gasteiger partial charge >= 0.3 is 5.97 Å².